The fourth-order valence-electron chi connectivity index (χ4n) is 3.02. The van der Waals surface area contributed by atoms with E-state index in [9.17, 15) is 0 Å². The van der Waals surface area contributed by atoms with E-state index in [1.165, 1.54) is 51.7 Å². The standard InChI is InChI=1S/C15H32N2/c1-13(7-5-8-14(2)16)11-17-10-6-9-15(3,4)12-17/h13-14H,5-12,16H2,1-4H3. The minimum Gasteiger partial charge on any atom is -0.328 e. The fraction of sp³-hybridized carbons (Fsp3) is 1.00. The molecule has 1 fully saturated rings. The van der Waals surface area contributed by atoms with Crippen molar-refractivity contribution in [2.75, 3.05) is 19.6 Å². The molecule has 2 N–H and O–H groups in total. The Morgan fingerprint density at radius 3 is 2.53 bits per heavy atom. The molecule has 2 atom stereocenters. The van der Waals surface area contributed by atoms with E-state index < -0.39 is 0 Å². The van der Waals surface area contributed by atoms with Crippen LogP contribution in [0.4, 0.5) is 0 Å². The van der Waals surface area contributed by atoms with Crippen molar-refractivity contribution in [3.8, 4) is 0 Å². The second-order valence-corrected chi connectivity index (χ2v) is 7.02. The smallest absolute Gasteiger partial charge is 0.00328 e. The number of nitrogens with two attached hydrogens (primary N) is 1. The fourth-order valence-corrected chi connectivity index (χ4v) is 3.02. The predicted octanol–water partition coefficient (Wildman–Crippen LogP) is 3.26. The Morgan fingerprint density at radius 2 is 1.94 bits per heavy atom. The van der Waals surface area contributed by atoms with Gasteiger partial charge in [0.2, 0.25) is 0 Å². The second-order valence-electron chi connectivity index (χ2n) is 7.02. The zero-order valence-corrected chi connectivity index (χ0v) is 12.3. The van der Waals surface area contributed by atoms with E-state index in [1.807, 2.05) is 0 Å². The molecule has 2 nitrogen and oxygen atoms in total. The number of hydrogen-bond acceptors (Lipinski definition) is 2. The van der Waals surface area contributed by atoms with Gasteiger partial charge in [0.25, 0.3) is 0 Å². The normalized spacial score (nSPS) is 24.5. The van der Waals surface area contributed by atoms with Gasteiger partial charge in [-0.15, -0.1) is 0 Å². The molecule has 102 valence electrons. The Kier molecular flexibility index (Phi) is 5.94. The highest BCUT2D eigenvalue weighted by atomic mass is 15.1. The molecule has 2 unspecified atom stereocenters. The van der Waals surface area contributed by atoms with Gasteiger partial charge in [0.1, 0.15) is 0 Å². The number of likely N-dealkylation sites (tertiary alicyclic amines) is 1. The lowest BCUT2D eigenvalue weighted by molar-refractivity contribution is 0.102. The Labute approximate surface area is 108 Å². The molecule has 0 aromatic heterocycles. The van der Waals surface area contributed by atoms with Crippen molar-refractivity contribution in [2.45, 2.75) is 65.8 Å². The highest BCUT2D eigenvalue weighted by molar-refractivity contribution is 4.80. The second kappa shape index (κ2) is 6.75. The highest BCUT2D eigenvalue weighted by Gasteiger charge is 2.26. The third-order valence-electron chi connectivity index (χ3n) is 3.91. The van der Waals surface area contributed by atoms with Crippen LogP contribution in [0.5, 0.6) is 0 Å². The van der Waals surface area contributed by atoms with Crippen LogP contribution in [-0.2, 0) is 0 Å². The van der Waals surface area contributed by atoms with Gasteiger partial charge in [0, 0.05) is 19.1 Å². The molecule has 1 saturated heterocycles. The maximum Gasteiger partial charge on any atom is 0.00328 e. The SMILES string of the molecule is CC(N)CCCC(C)CN1CCCC(C)(C)C1. The van der Waals surface area contributed by atoms with Gasteiger partial charge in [0.15, 0.2) is 0 Å². The molecule has 0 saturated carbocycles. The number of nitrogens with zero attached hydrogens (tertiary/aromatic N) is 1. The summed E-state index contributed by atoms with van der Waals surface area (Å²) in [6, 6.07) is 0.371. The third kappa shape index (κ3) is 6.42. The van der Waals surface area contributed by atoms with Crippen molar-refractivity contribution < 1.29 is 0 Å². The molecule has 17 heavy (non-hydrogen) atoms. The van der Waals surface area contributed by atoms with E-state index in [0.717, 1.165) is 5.92 Å². The molecule has 0 aromatic rings. The van der Waals surface area contributed by atoms with Gasteiger partial charge in [-0.25, -0.2) is 0 Å². The van der Waals surface area contributed by atoms with Crippen molar-refractivity contribution in [1.29, 1.82) is 0 Å². The Balaban J connectivity index is 2.19. The summed E-state index contributed by atoms with van der Waals surface area (Å²) in [6.45, 7) is 13.2. The number of hydrogen-bond donors (Lipinski definition) is 1. The molecule has 1 aliphatic rings. The summed E-state index contributed by atoms with van der Waals surface area (Å²) in [4.78, 5) is 2.67. The molecule has 1 aliphatic heterocycles. The topological polar surface area (TPSA) is 29.3 Å². The molecule has 2 heteroatoms. The van der Waals surface area contributed by atoms with E-state index in [0.29, 0.717) is 11.5 Å². The minimum atomic E-state index is 0.371. The van der Waals surface area contributed by atoms with Crippen LogP contribution in [0, 0.1) is 11.3 Å². The summed E-state index contributed by atoms with van der Waals surface area (Å²) in [6.07, 6.45) is 6.56. The van der Waals surface area contributed by atoms with Crippen LogP contribution in [0.25, 0.3) is 0 Å². The molecule has 0 aromatic carbocycles. The largest absolute Gasteiger partial charge is 0.328 e. The van der Waals surface area contributed by atoms with Crippen LogP contribution in [-0.4, -0.2) is 30.6 Å². The average molecular weight is 240 g/mol. The van der Waals surface area contributed by atoms with Crippen LogP contribution in [0.1, 0.15) is 59.8 Å². The maximum atomic E-state index is 5.79. The van der Waals surface area contributed by atoms with E-state index in [2.05, 4.69) is 32.6 Å². The molecule has 1 heterocycles. The van der Waals surface area contributed by atoms with Gasteiger partial charge in [-0.2, -0.15) is 0 Å². The van der Waals surface area contributed by atoms with E-state index in [1.54, 1.807) is 0 Å². The third-order valence-corrected chi connectivity index (χ3v) is 3.91. The van der Waals surface area contributed by atoms with Crippen molar-refractivity contribution in [3.63, 3.8) is 0 Å². The maximum absolute atomic E-state index is 5.79. The van der Waals surface area contributed by atoms with Gasteiger partial charge < -0.3 is 10.6 Å². The summed E-state index contributed by atoms with van der Waals surface area (Å²) >= 11 is 0. The monoisotopic (exact) mass is 240 g/mol. The molecular weight excluding hydrogens is 208 g/mol. The molecule has 0 bridgehead atoms. The molecule has 0 aliphatic carbocycles. The Bertz CT molecular complexity index is 211. The Hall–Kier alpha value is -0.0800. The molecule has 0 radical (unpaired) electrons. The molecule has 1 rings (SSSR count). The minimum absolute atomic E-state index is 0.371. The van der Waals surface area contributed by atoms with Crippen LogP contribution in [0.2, 0.25) is 0 Å². The van der Waals surface area contributed by atoms with Crippen molar-refractivity contribution in [3.05, 3.63) is 0 Å². The molecule has 0 amide bonds. The van der Waals surface area contributed by atoms with Gasteiger partial charge in [-0.3, -0.25) is 0 Å². The van der Waals surface area contributed by atoms with Crippen molar-refractivity contribution >= 4 is 0 Å². The summed E-state index contributed by atoms with van der Waals surface area (Å²) in [5.74, 6) is 0.822. The highest BCUT2D eigenvalue weighted by Crippen LogP contribution is 2.29. The van der Waals surface area contributed by atoms with Crippen LogP contribution in [0.3, 0.4) is 0 Å². The first kappa shape index (κ1) is 15.0. The summed E-state index contributed by atoms with van der Waals surface area (Å²) < 4.78 is 0. The average Bonchev–Trinajstić information content (AvgIpc) is 2.14. The van der Waals surface area contributed by atoms with Crippen molar-refractivity contribution in [1.82, 2.24) is 4.90 Å². The summed E-state index contributed by atoms with van der Waals surface area (Å²) in [5, 5.41) is 0. The van der Waals surface area contributed by atoms with E-state index in [-0.39, 0.29) is 0 Å². The molecule has 0 spiro atoms. The van der Waals surface area contributed by atoms with Crippen LogP contribution in [0.15, 0.2) is 0 Å². The first-order chi connectivity index (χ1) is 7.89. The lowest BCUT2D eigenvalue weighted by Gasteiger charge is -2.39. The van der Waals surface area contributed by atoms with E-state index in [4.69, 9.17) is 5.73 Å². The quantitative estimate of drug-likeness (QED) is 0.772. The van der Waals surface area contributed by atoms with Gasteiger partial charge in [-0.05, 0) is 50.5 Å². The zero-order chi connectivity index (χ0) is 12.9. The summed E-state index contributed by atoms with van der Waals surface area (Å²) in [7, 11) is 0. The lowest BCUT2D eigenvalue weighted by atomic mass is 9.84. The number of rotatable bonds is 6. The van der Waals surface area contributed by atoms with Crippen molar-refractivity contribution in [2.24, 2.45) is 17.1 Å². The van der Waals surface area contributed by atoms with Crippen LogP contribution < -0.4 is 5.73 Å². The van der Waals surface area contributed by atoms with Gasteiger partial charge in [-0.1, -0.05) is 27.2 Å². The first-order valence-electron chi connectivity index (χ1n) is 7.37. The van der Waals surface area contributed by atoms with Gasteiger partial charge >= 0.3 is 0 Å². The van der Waals surface area contributed by atoms with Crippen LogP contribution >= 0.6 is 0 Å². The molecular formula is C15H32N2. The Morgan fingerprint density at radius 1 is 1.24 bits per heavy atom. The van der Waals surface area contributed by atoms with Gasteiger partial charge in [0.05, 0.1) is 0 Å². The lowest BCUT2D eigenvalue weighted by Crippen LogP contribution is -2.42. The van der Waals surface area contributed by atoms with E-state index >= 15 is 0 Å². The summed E-state index contributed by atoms with van der Waals surface area (Å²) in [5.41, 5.74) is 6.32. The predicted molar refractivity (Wildman–Crippen MR) is 76.1 cm³/mol. The zero-order valence-electron chi connectivity index (χ0n) is 12.3. The first-order valence-corrected chi connectivity index (χ1v) is 7.37. The number of piperidine rings is 1.